The Labute approximate surface area is 258 Å². The normalized spacial score (nSPS) is 21.7. The molecule has 44 heavy (non-hydrogen) atoms. The summed E-state index contributed by atoms with van der Waals surface area (Å²) in [5.74, 6) is -0.507. The van der Waals surface area contributed by atoms with Gasteiger partial charge >= 0.3 is 12.2 Å². The number of rotatable bonds is 6. The minimum atomic E-state index is -0.870. The fourth-order valence-corrected chi connectivity index (χ4v) is 6.65. The van der Waals surface area contributed by atoms with Crippen molar-refractivity contribution in [1.29, 1.82) is 0 Å². The summed E-state index contributed by atoms with van der Waals surface area (Å²) in [5.41, 5.74) is 0.541. The zero-order valence-corrected chi connectivity index (χ0v) is 26.1. The number of benzene rings is 2. The van der Waals surface area contributed by atoms with E-state index in [9.17, 15) is 14.4 Å². The SMILES string of the molecule is CC(C)(C)OC(=O)N1CC2(CCOCC2)c2c(F)cc(NC(=O)C(NC(=O)OCc3ccccc3)[C@H]3CC[C@H](C)CC3)cc21. The molecule has 2 aromatic rings. The lowest BCUT2D eigenvalue weighted by atomic mass is 9.75. The molecule has 2 N–H and O–H groups in total. The van der Waals surface area contributed by atoms with Gasteiger partial charge in [0.1, 0.15) is 24.1 Å². The molecule has 0 bridgehead atoms. The van der Waals surface area contributed by atoms with Crippen LogP contribution in [0.1, 0.15) is 77.3 Å². The van der Waals surface area contributed by atoms with Crippen molar-refractivity contribution in [3.05, 3.63) is 59.4 Å². The van der Waals surface area contributed by atoms with Gasteiger partial charge in [0.05, 0.1) is 5.69 Å². The number of fused-ring (bicyclic) bond motifs is 2. The molecular formula is C34H44FN3O6. The molecule has 2 aliphatic heterocycles. The molecule has 1 saturated carbocycles. The van der Waals surface area contributed by atoms with Crippen molar-refractivity contribution in [1.82, 2.24) is 5.32 Å². The summed E-state index contributed by atoms with van der Waals surface area (Å²) in [5, 5.41) is 5.64. The third-order valence-electron chi connectivity index (χ3n) is 8.98. The summed E-state index contributed by atoms with van der Waals surface area (Å²) in [6.07, 6.45) is 3.31. The van der Waals surface area contributed by atoms with E-state index in [0.717, 1.165) is 31.2 Å². The predicted molar refractivity (Wildman–Crippen MR) is 165 cm³/mol. The van der Waals surface area contributed by atoms with Gasteiger partial charge in [-0.05, 0) is 76.0 Å². The number of carbonyl (C=O) groups excluding carboxylic acids is 3. The zero-order valence-electron chi connectivity index (χ0n) is 26.1. The molecule has 5 rings (SSSR count). The first kappa shape index (κ1) is 31.8. The number of alkyl carbamates (subject to hydrolysis) is 1. The summed E-state index contributed by atoms with van der Waals surface area (Å²) in [6.45, 7) is 8.81. The Kier molecular flexibility index (Phi) is 9.48. The number of nitrogens with one attached hydrogen (secondary N) is 2. The second-order valence-electron chi connectivity index (χ2n) is 13.5. The van der Waals surface area contributed by atoms with Gasteiger partial charge < -0.3 is 24.8 Å². The average Bonchev–Trinajstić information content (AvgIpc) is 3.29. The van der Waals surface area contributed by atoms with Gasteiger partial charge in [-0.3, -0.25) is 9.69 Å². The zero-order chi connectivity index (χ0) is 31.5. The van der Waals surface area contributed by atoms with Gasteiger partial charge in [-0.1, -0.05) is 50.1 Å². The summed E-state index contributed by atoms with van der Waals surface area (Å²) in [7, 11) is 0. The molecule has 0 aromatic heterocycles. The molecular weight excluding hydrogens is 565 g/mol. The fourth-order valence-electron chi connectivity index (χ4n) is 6.65. The van der Waals surface area contributed by atoms with Crippen LogP contribution in [-0.4, -0.2) is 49.5 Å². The number of halogens is 1. The minimum Gasteiger partial charge on any atom is -0.445 e. The largest absolute Gasteiger partial charge is 0.445 e. The maximum absolute atomic E-state index is 16.0. The van der Waals surface area contributed by atoms with E-state index in [0.29, 0.717) is 43.2 Å². The van der Waals surface area contributed by atoms with Crippen molar-refractivity contribution >= 4 is 29.5 Å². The first-order valence-electron chi connectivity index (χ1n) is 15.6. The topological polar surface area (TPSA) is 106 Å². The van der Waals surface area contributed by atoms with E-state index in [1.54, 1.807) is 26.8 Å². The number of amides is 3. The Balaban J connectivity index is 1.38. The van der Waals surface area contributed by atoms with Crippen LogP contribution in [0.25, 0.3) is 0 Å². The van der Waals surface area contributed by atoms with Crippen molar-refractivity contribution in [3.63, 3.8) is 0 Å². The highest BCUT2D eigenvalue weighted by Gasteiger charge is 2.49. The van der Waals surface area contributed by atoms with E-state index in [1.165, 1.54) is 11.0 Å². The highest BCUT2D eigenvalue weighted by Crippen LogP contribution is 2.49. The molecule has 2 heterocycles. The highest BCUT2D eigenvalue weighted by molar-refractivity contribution is 5.99. The van der Waals surface area contributed by atoms with Gasteiger partial charge in [-0.25, -0.2) is 14.0 Å². The Bertz CT molecular complexity index is 1350. The maximum atomic E-state index is 16.0. The molecule has 3 amide bonds. The molecule has 10 heteroatoms. The molecule has 1 unspecified atom stereocenters. The van der Waals surface area contributed by atoms with E-state index in [2.05, 4.69) is 17.6 Å². The molecule has 1 saturated heterocycles. The number of ether oxygens (including phenoxy) is 3. The van der Waals surface area contributed by atoms with Gasteiger partial charge in [0.2, 0.25) is 5.91 Å². The van der Waals surface area contributed by atoms with Crippen molar-refractivity contribution in [3.8, 4) is 0 Å². The molecule has 9 nitrogen and oxygen atoms in total. The summed E-state index contributed by atoms with van der Waals surface area (Å²) in [4.78, 5) is 41.4. The highest BCUT2D eigenvalue weighted by atomic mass is 19.1. The first-order chi connectivity index (χ1) is 20.9. The summed E-state index contributed by atoms with van der Waals surface area (Å²) in [6, 6.07) is 11.4. The van der Waals surface area contributed by atoms with Gasteiger partial charge in [-0.15, -0.1) is 0 Å². The summed E-state index contributed by atoms with van der Waals surface area (Å²) >= 11 is 0. The third kappa shape index (κ3) is 7.34. The van der Waals surface area contributed by atoms with Gasteiger partial charge in [0.25, 0.3) is 0 Å². The van der Waals surface area contributed by atoms with Crippen molar-refractivity contribution in [2.75, 3.05) is 30.0 Å². The van der Waals surface area contributed by atoms with E-state index in [-0.39, 0.29) is 24.8 Å². The number of carbonyl (C=O) groups is 3. The van der Waals surface area contributed by atoms with Crippen LogP contribution in [-0.2, 0) is 31.0 Å². The number of hydrogen-bond donors (Lipinski definition) is 2. The minimum absolute atomic E-state index is 0.0754. The Morgan fingerprint density at radius 3 is 2.41 bits per heavy atom. The molecule has 2 fully saturated rings. The van der Waals surface area contributed by atoms with Gasteiger partial charge in [0, 0.05) is 36.4 Å². The van der Waals surface area contributed by atoms with Crippen molar-refractivity contribution < 1.29 is 33.0 Å². The van der Waals surface area contributed by atoms with Crippen LogP contribution in [0.5, 0.6) is 0 Å². The molecule has 3 aliphatic rings. The van der Waals surface area contributed by atoms with Crippen LogP contribution in [0, 0.1) is 17.7 Å². The van der Waals surface area contributed by atoms with Gasteiger partial charge in [0.15, 0.2) is 0 Å². The van der Waals surface area contributed by atoms with E-state index < -0.39 is 41.0 Å². The van der Waals surface area contributed by atoms with Crippen LogP contribution >= 0.6 is 0 Å². The molecule has 1 atom stereocenters. The predicted octanol–water partition coefficient (Wildman–Crippen LogP) is 6.69. The Morgan fingerprint density at radius 2 is 1.75 bits per heavy atom. The number of anilines is 2. The lowest BCUT2D eigenvalue weighted by molar-refractivity contribution is -0.119. The van der Waals surface area contributed by atoms with E-state index >= 15 is 4.39 Å². The van der Waals surface area contributed by atoms with Crippen LogP contribution in [0.2, 0.25) is 0 Å². The van der Waals surface area contributed by atoms with E-state index in [4.69, 9.17) is 14.2 Å². The number of hydrogen-bond acceptors (Lipinski definition) is 6. The van der Waals surface area contributed by atoms with Crippen LogP contribution in [0.15, 0.2) is 42.5 Å². The van der Waals surface area contributed by atoms with Crippen molar-refractivity contribution in [2.24, 2.45) is 11.8 Å². The Morgan fingerprint density at radius 1 is 1.07 bits per heavy atom. The number of nitrogens with zero attached hydrogens (tertiary/aromatic N) is 1. The molecule has 1 spiro atoms. The monoisotopic (exact) mass is 609 g/mol. The lowest BCUT2D eigenvalue weighted by Crippen LogP contribution is -2.49. The molecule has 2 aromatic carbocycles. The van der Waals surface area contributed by atoms with Crippen LogP contribution < -0.4 is 15.5 Å². The van der Waals surface area contributed by atoms with Gasteiger partial charge in [-0.2, -0.15) is 0 Å². The molecule has 238 valence electrons. The second-order valence-corrected chi connectivity index (χ2v) is 13.5. The summed E-state index contributed by atoms with van der Waals surface area (Å²) < 4.78 is 32.7. The van der Waals surface area contributed by atoms with Crippen LogP contribution in [0.3, 0.4) is 0 Å². The van der Waals surface area contributed by atoms with Crippen molar-refractivity contribution in [2.45, 2.75) is 89.9 Å². The standard InChI is InChI=1S/C34H44FN3O6/c1-22-10-12-24(13-11-22)29(37-31(40)43-20-23-8-6-5-7-9-23)30(39)36-25-18-26(35)28-27(19-25)38(32(41)44-33(2,3)4)21-34(28)14-16-42-17-15-34/h5-9,18-19,22,24,29H,10-17,20-21H2,1-4H3,(H,36,39)(H,37,40)/t22-,24-,29?. The first-order valence-corrected chi connectivity index (χ1v) is 15.6. The molecule has 0 radical (unpaired) electrons. The van der Waals surface area contributed by atoms with E-state index in [1.807, 2.05) is 30.3 Å². The molecule has 1 aliphatic carbocycles. The smallest absolute Gasteiger partial charge is 0.414 e. The maximum Gasteiger partial charge on any atom is 0.414 e. The fraction of sp³-hybridized carbons (Fsp3) is 0.559. The third-order valence-corrected chi connectivity index (χ3v) is 8.98. The lowest BCUT2D eigenvalue weighted by Gasteiger charge is -2.34. The second kappa shape index (κ2) is 13.1. The average molecular weight is 610 g/mol. The van der Waals surface area contributed by atoms with Crippen LogP contribution in [0.4, 0.5) is 25.4 Å². The Hall–Kier alpha value is -3.66. The quantitative estimate of drug-likeness (QED) is 0.378.